The first kappa shape index (κ1) is 41.1. The van der Waals surface area contributed by atoms with Crippen molar-refractivity contribution in [3.05, 3.63) is 179 Å². The number of para-hydroxylation sites is 2. The van der Waals surface area contributed by atoms with E-state index >= 15 is 8.78 Å². The van der Waals surface area contributed by atoms with Crippen LogP contribution in [0.2, 0.25) is 0 Å². The highest BCUT2D eigenvalue weighted by molar-refractivity contribution is 8.00. The molecule has 4 nitrogen and oxygen atoms in total. The summed E-state index contributed by atoms with van der Waals surface area (Å²) < 4.78 is 54.5. The van der Waals surface area contributed by atoms with E-state index in [1.54, 1.807) is 12.1 Å². The van der Waals surface area contributed by atoms with Crippen LogP contribution in [0, 0.1) is 11.6 Å². The number of halogens is 4. The maximum absolute atomic E-state index is 15.4. The molecule has 6 unspecified atom stereocenters. The summed E-state index contributed by atoms with van der Waals surface area (Å²) in [6.45, 7) is 5.07. The Hall–Kier alpha value is -4.69. The summed E-state index contributed by atoms with van der Waals surface area (Å²) >= 11 is 16.5. The van der Waals surface area contributed by atoms with Crippen LogP contribution in [-0.4, -0.2) is 34.5 Å². The maximum Gasteiger partial charge on any atom is 0.165 e. The van der Waals surface area contributed by atoms with Gasteiger partial charge in [0.25, 0.3) is 0 Å². The van der Waals surface area contributed by atoms with Crippen LogP contribution in [0.4, 0.5) is 8.78 Å². The molecular formula is C50H46Cl2F2O4S. The fourth-order valence-corrected chi connectivity index (χ4v) is 11.7. The fraction of sp³-hybridized carbons (Fsp3) is 0.280. The molecule has 0 spiro atoms. The van der Waals surface area contributed by atoms with Crippen LogP contribution in [0.1, 0.15) is 48.9 Å². The zero-order valence-electron chi connectivity index (χ0n) is 33.0. The molecule has 6 aromatic rings. The van der Waals surface area contributed by atoms with Crippen molar-refractivity contribution in [2.24, 2.45) is 0 Å². The van der Waals surface area contributed by atoms with Crippen molar-refractivity contribution in [2.45, 2.75) is 71.6 Å². The molecule has 6 atom stereocenters. The molecule has 0 bridgehead atoms. The van der Waals surface area contributed by atoms with Crippen LogP contribution in [0.15, 0.2) is 146 Å². The lowest BCUT2D eigenvalue weighted by molar-refractivity contribution is 0.340. The second-order valence-corrected chi connectivity index (χ2v) is 17.7. The van der Waals surface area contributed by atoms with Crippen LogP contribution in [0.3, 0.4) is 0 Å². The molecule has 2 fully saturated rings. The third-order valence-corrected chi connectivity index (χ3v) is 14.4. The molecule has 2 aliphatic carbocycles. The average molecular weight is 852 g/mol. The number of hydrogen-bond acceptors (Lipinski definition) is 5. The molecular weight excluding hydrogens is 806 g/mol. The van der Waals surface area contributed by atoms with E-state index in [1.165, 1.54) is 12.1 Å². The van der Waals surface area contributed by atoms with Gasteiger partial charge in [-0.25, -0.2) is 8.78 Å². The van der Waals surface area contributed by atoms with Gasteiger partial charge in [0.2, 0.25) is 0 Å². The van der Waals surface area contributed by atoms with Crippen molar-refractivity contribution in [1.29, 1.82) is 0 Å². The largest absolute Gasteiger partial charge is 0.494 e. The molecule has 2 aliphatic rings. The second-order valence-electron chi connectivity index (χ2n) is 15.2. The summed E-state index contributed by atoms with van der Waals surface area (Å²) in [6, 6.07) is 45.2. The highest BCUT2D eigenvalue weighted by atomic mass is 35.5. The van der Waals surface area contributed by atoms with Crippen molar-refractivity contribution < 1.29 is 27.7 Å². The van der Waals surface area contributed by atoms with E-state index in [2.05, 4.69) is 24.3 Å². The van der Waals surface area contributed by atoms with E-state index < -0.39 is 22.5 Å². The van der Waals surface area contributed by atoms with Crippen LogP contribution in [0.5, 0.6) is 34.5 Å². The number of rotatable bonds is 18. The standard InChI is InChI=1S/C50H46Cl2F2O4S/c1-3-55-37-21-17-35(18-22-37)49(31-45(49)51)47(29-33-15-25-41(53)43(27-33)57-39-11-7-5-8-12-39)59-48(50(32-46(50)52)36-19-23-38(24-20-36)56-4-2)30-34-16-26-42(54)44(28-34)58-40-13-9-6-10-14-40/h5-28,45-48H,3-4,29-32H2,1-2H3. The van der Waals surface area contributed by atoms with Gasteiger partial charge in [-0.05, 0) is 135 Å². The Balaban J connectivity index is 1.21. The topological polar surface area (TPSA) is 36.9 Å². The van der Waals surface area contributed by atoms with Gasteiger partial charge in [-0.15, -0.1) is 23.2 Å². The minimum absolute atomic E-state index is 0.0903. The Kier molecular flexibility index (Phi) is 12.4. The molecule has 9 heteroatoms. The lowest BCUT2D eigenvalue weighted by Crippen LogP contribution is -2.36. The van der Waals surface area contributed by atoms with Crippen molar-refractivity contribution >= 4 is 35.0 Å². The predicted molar refractivity (Wildman–Crippen MR) is 236 cm³/mol. The summed E-state index contributed by atoms with van der Waals surface area (Å²) in [5.74, 6) is 2.14. The van der Waals surface area contributed by atoms with Crippen LogP contribution in [0.25, 0.3) is 0 Å². The van der Waals surface area contributed by atoms with E-state index in [9.17, 15) is 0 Å². The van der Waals surface area contributed by atoms with E-state index in [0.717, 1.165) is 46.6 Å². The van der Waals surface area contributed by atoms with Crippen LogP contribution in [-0.2, 0) is 23.7 Å². The van der Waals surface area contributed by atoms with E-state index in [4.69, 9.17) is 42.1 Å². The molecule has 304 valence electrons. The van der Waals surface area contributed by atoms with Gasteiger partial charge in [-0.1, -0.05) is 72.8 Å². The molecule has 8 rings (SSSR count). The Bertz CT molecular complexity index is 2170. The first-order chi connectivity index (χ1) is 28.7. The normalized spacial score (nSPS) is 21.6. The third-order valence-electron chi connectivity index (χ3n) is 11.5. The maximum atomic E-state index is 15.4. The molecule has 0 aromatic heterocycles. The van der Waals surface area contributed by atoms with Gasteiger partial charge >= 0.3 is 0 Å². The zero-order chi connectivity index (χ0) is 41.0. The first-order valence-electron chi connectivity index (χ1n) is 20.1. The Morgan fingerprint density at radius 2 is 0.915 bits per heavy atom. The van der Waals surface area contributed by atoms with Gasteiger partial charge in [0.1, 0.15) is 23.0 Å². The monoisotopic (exact) mass is 850 g/mol. The molecule has 0 amide bonds. The number of alkyl halides is 2. The highest BCUT2D eigenvalue weighted by Crippen LogP contribution is 2.64. The minimum atomic E-state index is -0.440. The zero-order valence-corrected chi connectivity index (χ0v) is 35.3. The van der Waals surface area contributed by atoms with Gasteiger partial charge in [0.15, 0.2) is 23.1 Å². The molecule has 0 N–H and O–H groups in total. The summed E-state index contributed by atoms with van der Waals surface area (Å²) in [5.41, 5.74) is 3.23. The number of ether oxygens (including phenoxy) is 4. The molecule has 59 heavy (non-hydrogen) atoms. The summed E-state index contributed by atoms with van der Waals surface area (Å²) in [5, 5.41) is -0.480. The molecule has 0 saturated heterocycles. The number of benzene rings is 6. The van der Waals surface area contributed by atoms with Gasteiger partial charge in [0.05, 0.1) is 13.2 Å². The number of thioether (sulfide) groups is 1. The van der Waals surface area contributed by atoms with Crippen molar-refractivity contribution in [3.63, 3.8) is 0 Å². The molecule has 0 heterocycles. The van der Waals surface area contributed by atoms with E-state index in [0.29, 0.717) is 37.6 Å². The minimum Gasteiger partial charge on any atom is -0.494 e. The van der Waals surface area contributed by atoms with E-state index in [-0.39, 0.29) is 32.8 Å². The van der Waals surface area contributed by atoms with Gasteiger partial charge in [0, 0.05) is 32.1 Å². The first-order valence-corrected chi connectivity index (χ1v) is 22.0. The Morgan fingerprint density at radius 3 is 1.25 bits per heavy atom. The van der Waals surface area contributed by atoms with Crippen molar-refractivity contribution in [1.82, 2.24) is 0 Å². The Labute approximate surface area is 359 Å². The predicted octanol–water partition coefficient (Wildman–Crippen LogP) is 13.5. The van der Waals surface area contributed by atoms with Crippen LogP contribution < -0.4 is 18.9 Å². The van der Waals surface area contributed by atoms with Gasteiger partial charge < -0.3 is 18.9 Å². The summed E-state index contributed by atoms with van der Waals surface area (Å²) in [6.07, 6.45) is 2.66. The third kappa shape index (κ3) is 8.94. The quantitative estimate of drug-likeness (QED) is 0.0805. The summed E-state index contributed by atoms with van der Waals surface area (Å²) in [7, 11) is 0. The second kappa shape index (κ2) is 17.9. The smallest absolute Gasteiger partial charge is 0.165 e. The lowest BCUT2D eigenvalue weighted by atomic mass is 9.87. The van der Waals surface area contributed by atoms with Crippen LogP contribution >= 0.6 is 35.0 Å². The molecule has 2 saturated carbocycles. The molecule has 0 aliphatic heterocycles. The fourth-order valence-electron chi connectivity index (χ4n) is 8.23. The van der Waals surface area contributed by atoms with Gasteiger partial charge in [-0.2, -0.15) is 11.8 Å². The van der Waals surface area contributed by atoms with Crippen molar-refractivity contribution in [2.75, 3.05) is 13.2 Å². The molecule has 0 radical (unpaired) electrons. The average Bonchev–Trinajstić information content (AvgIpc) is 4.15. The summed E-state index contributed by atoms with van der Waals surface area (Å²) in [4.78, 5) is 0. The lowest BCUT2D eigenvalue weighted by Gasteiger charge is -2.36. The molecule has 6 aromatic carbocycles. The number of hydrogen-bond donors (Lipinski definition) is 0. The van der Waals surface area contributed by atoms with Crippen molar-refractivity contribution in [3.8, 4) is 34.5 Å². The van der Waals surface area contributed by atoms with Gasteiger partial charge in [-0.3, -0.25) is 0 Å². The SMILES string of the molecule is CCOc1ccc(C2(C(Cc3ccc(F)c(Oc4ccccc4)c3)SC(Cc3ccc(F)c(Oc4ccccc4)c3)C3(c4ccc(OCC)cc4)CC3Cl)CC2Cl)cc1. The highest BCUT2D eigenvalue weighted by Gasteiger charge is 2.64. The van der Waals surface area contributed by atoms with E-state index in [1.807, 2.05) is 123 Å². The Morgan fingerprint density at radius 1 is 0.542 bits per heavy atom.